The predicted octanol–water partition coefficient (Wildman–Crippen LogP) is 2.67. The fourth-order valence-corrected chi connectivity index (χ4v) is 5.88. The fourth-order valence-electron chi connectivity index (χ4n) is 3.72. The average molecular weight is 443 g/mol. The molecular weight excluding hydrogens is 423 g/mol. The quantitative estimate of drug-likeness (QED) is 0.731. The highest BCUT2D eigenvalue weighted by Gasteiger charge is 2.33. The van der Waals surface area contributed by atoms with Gasteiger partial charge in [-0.05, 0) is 37.5 Å². The number of halogens is 2. The zero-order chi connectivity index (χ0) is 19.9. The van der Waals surface area contributed by atoms with Crippen LogP contribution in [0.5, 0.6) is 0 Å². The van der Waals surface area contributed by atoms with Crippen LogP contribution in [0.25, 0.3) is 0 Å². The molecule has 1 aromatic heterocycles. The third-order valence-electron chi connectivity index (χ3n) is 5.25. The van der Waals surface area contributed by atoms with E-state index in [1.165, 1.54) is 16.4 Å². The van der Waals surface area contributed by atoms with Crippen molar-refractivity contribution in [1.82, 2.24) is 19.0 Å². The maximum Gasteiger partial charge on any atom is 0.257 e. The molecule has 0 saturated carbocycles. The molecule has 2 aromatic rings. The number of carbonyl (C=O) groups is 1. The Hall–Kier alpha value is -1.61. The second kappa shape index (κ2) is 7.67. The Morgan fingerprint density at radius 2 is 1.79 bits per heavy atom. The van der Waals surface area contributed by atoms with Gasteiger partial charge in [0.2, 0.25) is 10.0 Å². The predicted molar refractivity (Wildman–Crippen MR) is 106 cm³/mol. The van der Waals surface area contributed by atoms with Crippen molar-refractivity contribution in [2.24, 2.45) is 0 Å². The molecule has 0 bridgehead atoms. The number of aryl methyl sites for hydroxylation is 1. The zero-order valence-corrected chi connectivity index (χ0v) is 17.5. The monoisotopic (exact) mass is 442 g/mol. The van der Waals surface area contributed by atoms with Crippen LogP contribution >= 0.6 is 23.2 Å². The summed E-state index contributed by atoms with van der Waals surface area (Å²) in [5, 5.41) is 4.76. The molecule has 7 nitrogen and oxygen atoms in total. The standard InChI is InChI=1S/C18H20Cl2N4O3S/c19-13-4-5-15(20)17(11-13)28(26,27)23-9-7-22(8-10-23)18(25)14-12-21-24-6-2-1-3-16(14)24/h4-5,11-12H,1-3,6-10H2. The molecular formula is C18H20Cl2N4O3S. The van der Waals surface area contributed by atoms with Gasteiger partial charge in [0.15, 0.2) is 0 Å². The molecule has 1 fully saturated rings. The molecule has 4 rings (SSSR count). The van der Waals surface area contributed by atoms with Crippen LogP contribution in [0.3, 0.4) is 0 Å². The lowest BCUT2D eigenvalue weighted by Crippen LogP contribution is -2.50. The molecule has 0 radical (unpaired) electrons. The number of nitrogens with zero attached hydrogens (tertiary/aromatic N) is 4. The minimum absolute atomic E-state index is 0.00727. The van der Waals surface area contributed by atoms with Crippen molar-refractivity contribution in [2.75, 3.05) is 26.2 Å². The molecule has 1 saturated heterocycles. The molecule has 3 heterocycles. The Kier molecular flexibility index (Phi) is 5.39. The Morgan fingerprint density at radius 1 is 1.04 bits per heavy atom. The smallest absolute Gasteiger partial charge is 0.257 e. The van der Waals surface area contributed by atoms with E-state index >= 15 is 0 Å². The van der Waals surface area contributed by atoms with Gasteiger partial charge >= 0.3 is 0 Å². The topological polar surface area (TPSA) is 75.5 Å². The van der Waals surface area contributed by atoms with Gasteiger partial charge in [-0.15, -0.1) is 0 Å². The summed E-state index contributed by atoms with van der Waals surface area (Å²) in [7, 11) is -3.77. The highest BCUT2D eigenvalue weighted by atomic mass is 35.5. The summed E-state index contributed by atoms with van der Waals surface area (Å²) >= 11 is 12.0. The van der Waals surface area contributed by atoms with Gasteiger partial charge in [0.05, 0.1) is 22.5 Å². The molecule has 1 amide bonds. The first-order valence-corrected chi connectivity index (χ1v) is 11.4. The first-order valence-electron chi connectivity index (χ1n) is 9.17. The molecule has 0 spiro atoms. The maximum atomic E-state index is 12.9. The van der Waals surface area contributed by atoms with Crippen LogP contribution in [-0.2, 0) is 23.0 Å². The minimum Gasteiger partial charge on any atom is -0.336 e. The van der Waals surface area contributed by atoms with E-state index in [0.29, 0.717) is 23.7 Å². The van der Waals surface area contributed by atoms with Crippen LogP contribution in [0.4, 0.5) is 0 Å². The number of piperazine rings is 1. The number of carbonyl (C=O) groups excluding carboxylic acids is 1. The van der Waals surface area contributed by atoms with Crippen molar-refractivity contribution in [3.8, 4) is 0 Å². The minimum atomic E-state index is -3.77. The lowest BCUT2D eigenvalue weighted by Gasteiger charge is -2.34. The van der Waals surface area contributed by atoms with Crippen molar-refractivity contribution < 1.29 is 13.2 Å². The zero-order valence-electron chi connectivity index (χ0n) is 15.1. The van der Waals surface area contributed by atoms with Gasteiger partial charge < -0.3 is 4.90 Å². The van der Waals surface area contributed by atoms with Crippen molar-refractivity contribution in [3.63, 3.8) is 0 Å². The summed E-state index contributed by atoms with van der Waals surface area (Å²) in [6.07, 6.45) is 4.61. The second-order valence-corrected chi connectivity index (χ2v) is 9.71. The maximum absolute atomic E-state index is 12.9. The summed E-state index contributed by atoms with van der Waals surface area (Å²) in [6.45, 7) is 1.90. The lowest BCUT2D eigenvalue weighted by molar-refractivity contribution is 0.0696. The van der Waals surface area contributed by atoms with Crippen LogP contribution in [0, 0.1) is 0 Å². The number of benzene rings is 1. The number of rotatable bonds is 3. The summed E-state index contributed by atoms with van der Waals surface area (Å²) < 4.78 is 29.1. The van der Waals surface area contributed by atoms with Crippen LogP contribution in [0.2, 0.25) is 10.0 Å². The van der Waals surface area contributed by atoms with E-state index in [9.17, 15) is 13.2 Å². The SMILES string of the molecule is O=C(c1cnn2c1CCCC2)N1CCN(S(=O)(=O)c2cc(Cl)ccc2Cl)CC1. The van der Waals surface area contributed by atoms with E-state index in [1.807, 2.05) is 4.68 Å². The van der Waals surface area contributed by atoms with Crippen molar-refractivity contribution in [2.45, 2.75) is 30.7 Å². The molecule has 0 atom stereocenters. The largest absolute Gasteiger partial charge is 0.336 e. The summed E-state index contributed by atoms with van der Waals surface area (Å²) in [4.78, 5) is 14.6. The van der Waals surface area contributed by atoms with Crippen molar-refractivity contribution in [3.05, 3.63) is 45.7 Å². The van der Waals surface area contributed by atoms with E-state index < -0.39 is 10.0 Å². The highest BCUT2D eigenvalue weighted by Crippen LogP contribution is 2.28. The van der Waals surface area contributed by atoms with Gasteiger partial charge in [0.1, 0.15) is 4.90 Å². The average Bonchev–Trinajstić information content (AvgIpc) is 3.13. The van der Waals surface area contributed by atoms with E-state index in [-0.39, 0.29) is 28.9 Å². The molecule has 10 heteroatoms. The molecule has 28 heavy (non-hydrogen) atoms. The molecule has 0 aliphatic carbocycles. The molecule has 150 valence electrons. The van der Waals surface area contributed by atoms with Gasteiger partial charge in [-0.2, -0.15) is 9.40 Å². The van der Waals surface area contributed by atoms with E-state index in [4.69, 9.17) is 23.2 Å². The lowest BCUT2D eigenvalue weighted by atomic mass is 10.1. The molecule has 1 aromatic carbocycles. The highest BCUT2D eigenvalue weighted by molar-refractivity contribution is 7.89. The van der Waals surface area contributed by atoms with Gasteiger partial charge in [0, 0.05) is 37.7 Å². The van der Waals surface area contributed by atoms with Crippen LogP contribution in [0.15, 0.2) is 29.3 Å². The van der Waals surface area contributed by atoms with Gasteiger partial charge in [-0.1, -0.05) is 23.2 Å². The Labute approximate surface area is 173 Å². The van der Waals surface area contributed by atoms with E-state index in [2.05, 4.69) is 5.10 Å². The third-order valence-corrected chi connectivity index (χ3v) is 7.86. The number of sulfonamides is 1. The number of amides is 1. The Balaban J connectivity index is 1.48. The van der Waals surface area contributed by atoms with E-state index in [0.717, 1.165) is 31.5 Å². The van der Waals surface area contributed by atoms with Crippen molar-refractivity contribution in [1.29, 1.82) is 0 Å². The van der Waals surface area contributed by atoms with E-state index in [1.54, 1.807) is 17.2 Å². The van der Waals surface area contributed by atoms with Crippen LogP contribution < -0.4 is 0 Å². The third kappa shape index (κ3) is 3.54. The molecule has 2 aliphatic rings. The van der Waals surface area contributed by atoms with Gasteiger partial charge in [0.25, 0.3) is 5.91 Å². The fraction of sp³-hybridized carbons (Fsp3) is 0.444. The summed E-state index contributed by atoms with van der Waals surface area (Å²) in [6, 6.07) is 4.38. The number of aromatic nitrogens is 2. The molecule has 0 N–H and O–H groups in total. The first-order chi connectivity index (χ1) is 13.4. The first kappa shape index (κ1) is 19.7. The molecule has 0 unspecified atom stereocenters. The second-order valence-electron chi connectivity index (χ2n) is 6.96. The van der Waals surface area contributed by atoms with Gasteiger partial charge in [-0.25, -0.2) is 8.42 Å². The Bertz CT molecular complexity index is 1010. The molecule has 2 aliphatic heterocycles. The van der Waals surface area contributed by atoms with Crippen molar-refractivity contribution >= 4 is 39.1 Å². The van der Waals surface area contributed by atoms with Crippen LogP contribution in [0.1, 0.15) is 28.9 Å². The van der Waals surface area contributed by atoms with Crippen LogP contribution in [-0.4, -0.2) is 59.5 Å². The number of hydrogen-bond donors (Lipinski definition) is 0. The summed E-state index contributed by atoms with van der Waals surface area (Å²) in [5.41, 5.74) is 1.62. The Morgan fingerprint density at radius 3 is 2.54 bits per heavy atom. The number of fused-ring (bicyclic) bond motifs is 1. The number of hydrogen-bond acceptors (Lipinski definition) is 4. The summed E-state index contributed by atoms with van der Waals surface area (Å²) in [5.74, 6) is -0.0824. The van der Waals surface area contributed by atoms with Gasteiger partial charge in [-0.3, -0.25) is 9.48 Å². The normalized spacial score (nSPS) is 18.1.